The van der Waals surface area contributed by atoms with E-state index in [0.717, 1.165) is 27.8 Å². The van der Waals surface area contributed by atoms with Crippen LogP contribution >= 0.6 is 0 Å². The van der Waals surface area contributed by atoms with Gasteiger partial charge in [-0.25, -0.2) is 4.79 Å². The number of nitrogens with one attached hydrogen (secondary N) is 2. The Labute approximate surface area is 206 Å². The first kappa shape index (κ1) is 26.0. The second-order valence-electron chi connectivity index (χ2n) is 9.81. The molecule has 35 heavy (non-hydrogen) atoms. The monoisotopic (exact) mass is 478 g/mol. The van der Waals surface area contributed by atoms with Crippen LogP contribution in [-0.2, 0) is 14.3 Å². The summed E-state index contributed by atoms with van der Waals surface area (Å²) >= 11 is 0. The molecule has 0 bridgehead atoms. The van der Waals surface area contributed by atoms with E-state index in [-0.39, 0.29) is 31.3 Å². The summed E-state index contributed by atoms with van der Waals surface area (Å²) in [5.41, 5.74) is 4.79. The predicted molar refractivity (Wildman–Crippen MR) is 135 cm³/mol. The normalized spacial score (nSPS) is 13.3. The Kier molecular flexibility index (Phi) is 8.33. The van der Waals surface area contributed by atoms with Crippen molar-refractivity contribution in [3.8, 4) is 11.1 Å². The second kappa shape index (κ2) is 11.2. The first-order chi connectivity index (χ1) is 16.6. The van der Waals surface area contributed by atoms with Gasteiger partial charge in [-0.1, -0.05) is 60.2 Å². The van der Waals surface area contributed by atoms with Gasteiger partial charge >= 0.3 is 12.1 Å². The smallest absolute Gasteiger partial charge is 0.407 e. The number of alkyl carbamates (subject to hydrolysis) is 1. The molecule has 3 N–H and O–H groups in total. The quantitative estimate of drug-likeness (QED) is 0.417. The second-order valence-corrected chi connectivity index (χ2v) is 9.81. The summed E-state index contributed by atoms with van der Waals surface area (Å²) in [6, 6.07) is 15.3. The molecule has 7 heteroatoms. The fourth-order valence-electron chi connectivity index (χ4n) is 4.27. The van der Waals surface area contributed by atoms with Crippen molar-refractivity contribution in [2.75, 3.05) is 6.61 Å². The number of carbonyl (C=O) groups excluding carboxylic acids is 2. The highest BCUT2D eigenvalue weighted by Gasteiger charge is 2.30. The van der Waals surface area contributed by atoms with Crippen molar-refractivity contribution in [3.05, 3.63) is 71.3 Å². The number of carbonyl (C=O) groups is 3. The zero-order chi connectivity index (χ0) is 25.6. The van der Waals surface area contributed by atoms with Crippen LogP contribution < -0.4 is 10.6 Å². The zero-order valence-electron chi connectivity index (χ0n) is 20.8. The van der Waals surface area contributed by atoms with Crippen LogP contribution in [0.1, 0.15) is 64.0 Å². The van der Waals surface area contributed by atoms with E-state index in [0.29, 0.717) is 6.42 Å². The number of hydrogen-bond acceptors (Lipinski definition) is 4. The van der Waals surface area contributed by atoms with E-state index < -0.39 is 23.6 Å². The summed E-state index contributed by atoms with van der Waals surface area (Å²) < 4.78 is 5.61. The van der Waals surface area contributed by atoms with Gasteiger partial charge in [-0.15, -0.1) is 0 Å². The number of amides is 2. The third-order valence-electron chi connectivity index (χ3n) is 6.14. The number of benzene rings is 2. The molecule has 0 saturated heterocycles. The van der Waals surface area contributed by atoms with Crippen molar-refractivity contribution in [2.24, 2.45) is 0 Å². The molecule has 0 radical (unpaired) electrons. The number of fused-ring (bicyclic) bond motifs is 3. The van der Waals surface area contributed by atoms with Gasteiger partial charge in [0.1, 0.15) is 12.6 Å². The van der Waals surface area contributed by atoms with Crippen molar-refractivity contribution < 1.29 is 24.2 Å². The van der Waals surface area contributed by atoms with E-state index in [9.17, 15) is 14.4 Å². The van der Waals surface area contributed by atoms with E-state index >= 15 is 0 Å². The van der Waals surface area contributed by atoms with Gasteiger partial charge in [-0.3, -0.25) is 9.59 Å². The van der Waals surface area contributed by atoms with E-state index in [1.54, 1.807) is 13.8 Å². The largest absolute Gasteiger partial charge is 0.481 e. The molecule has 1 aliphatic carbocycles. The van der Waals surface area contributed by atoms with Crippen LogP contribution in [0.25, 0.3) is 11.1 Å². The predicted octanol–water partition coefficient (Wildman–Crippen LogP) is 5.01. The maximum absolute atomic E-state index is 13.0. The van der Waals surface area contributed by atoms with Gasteiger partial charge in [0.05, 0.1) is 0 Å². The Bertz CT molecular complexity index is 1070. The third-order valence-corrected chi connectivity index (χ3v) is 6.14. The molecule has 0 aromatic heterocycles. The first-order valence-corrected chi connectivity index (χ1v) is 11.9. The Balaban J connectivity index is 1.66. The lowest BCUT2D eigenvalue weighted by molar-refractivity contribution is -0.138. The molecule has 0 fully saturated rings. The van der Waals surface area contributed by atoms with Gasteiger partial charge in [0.2, 0.25) is 5.91 Å². The van der Waals surface area contributed by atoms with Crippen molar-refractivity contribution in [1.29, 1.82) is 0 Å². The molecule has 0 heterocycles. The average Bonchev–Trinajstić information content (AvgIpc) is 3.12. The Morgan fingerprint density at radius 2 is 1.60 bits per heavy atom. The van der Waals surface area contributed by atoms with E-state index in [1.807, 2.05) is 56.3 Å². The van der Waals surface area contributed by atoms with Crippen LogP contribution in [0.3, 0.4) is 0 Å². The van der Waals surface area contributed by atoms with Crippen molar-refractivity contribution >= 4 is 18.0 Å². The minimum absolute atomic E-state index is 0.0638. The van der Waals surface area contributed by atoms with Gasteiger partial charge in [-0.05, 0) is 62.8 Å². The topological polar surface area (TPSA) is 105 Å². The van der Waals surface area contributed by atoms with E-state index in [1.165, 1.54) is 0 Å². The number of allylic oxidation sites excluding steroid dienone is 1. The lowest BCUT2D eigenvalue weighted by Crippen LogP contribution is -2.53. The molecular formula is C28H34N2O5. The molecule has 2 amide bonds. The van der Waals surface area contributed by atoms with Crippen molar-refractivity contribution in [2.45, 2.75) is 64.5 Å². The molecule has 1 atom stereocenters. The summed E-state index contributed by atoms with van der Waals surface area (Å²) in [4.78, 5) is 36.7. The molecule has 186 valence electrons. The molecule has 1 unspecified atom stereocenters. The van der Waals surface area contributed by atoms with Gasteiger partial charge in [-0.2, -0.15) is 0 Å². The van der Waals surface area contributed by atoms with Crippen LogP contribution in [-0.4, -0.2) is 41.3 Å². The van der Waals surface area contributed by atoms with E-state index in [4.69, 9.17) is 9.84 Å². The van der Waals surface area contributed by atoms with Gasteiger partial charge in [0.25, 0.3) is 0 Å². The highest BCUT2D eigenvalue weighted by atomic mass is 16.5. The molecule has 7 nitrogen and oxygen atoms in total. The Hall–Kier alpha value is -3.61. The fourth-order valence-corrected chi connectivity index (χ4v) is 4.27. The van der Waals surface area contributed by atoms with Crippen LogP contribution in [0.15, 0.2) is 60.2 Å². The molecular weight excluding hydrogens is 444 g/mol. The minimum Gasteiger partial charge on any atom is -0.481 e. The van der Waals surface area contributed by atoms with Crippen molar-refractivity contribution in [1.82, 2.24) is 10.6 Å². The molecule has 3 rings (SSSR count). The van der Waals surface area contributed by atoms with E-state index in [2.05, 4.69) is 22.8 Å². The molecule has 2 aromatic rings. The molecule has 2 aromatic carbocycles. The number of ether oxygens (including phenoxy) is 1. The summed E-state index contributed by atoms with van der Waals surface area (Å²) in [7, 11) is 0. The minimum atomic E-state index is -0.926. The standard InChI is InChI=1S/C28H34N2O5/c1-18(2)13-14-24(26(33)30-28(3,4)16-15-25(31)32)29-27(34)35-17-23-21-11-7-5-9-19(21)20-10-6-8-12-22(20)23/h5-13,23-24H,14-17H2,1-4H3,(H,29,34)(H,30,33)(H,31,32). The first-order valence-electron chi connectivity index (χ1n) is 11.9. The van der Waals surface area contributed by atoms with Crippen LogP contribution in [0.5, 0.6) is 0 Å². The van der Waals surface area contributed by atoms with Crippen molar-refractivity contribution in [3.63, 3.8) is 0 Å². The molecule has 0 spiro atoms. The number of rotatable bonds is 10. The van der Waals surface area contributed by atoms with Crippen LogP contribution in [0, 0.1) is 0 Å². The molecule has 0 saturated carbocycles. The maximum Gasteiger partial charge on any atom is 0.407 e. The summed E-state index contributed by atoms with van der Waals surface area (Å²) in [6.45, 7) is 7.51. The Morgan fingerprint density at radius 3 is 2.14 bits per heavy atom. The highest BCUT2D eigenvalue weighted by molar-refractivity contribution is 5.86. The van der Waals surface area contributed by atoms with Gasteiger partial charge < -0.3 is 20.5 Å². The molecule has 0 aliphatic heterocycles. The zero-order valence-corrected chi connectivity index (χ0v) is 20.8. The lowest BCUT2D eigenvalue weighted by Gasteiger charge is -2.28. The highest BCUT2D eigenvalue weighted by Crippen LogP contribution is 2.44. The summed E-state index contributed by atoms with van der Waals surface area (Å²) in [6.07, 6.45) is 1.71. The number of carboxylic acid groups (broad SMARTS) is 1. The summed E-state index contributed by atoms with van der Waals surface area (Å²) in [5, 5.41) is 14.5. The average molecular weight is 479 g/mol. The van der Waals surface area contributed by atoms with Gasteiger partial charge in [0, 0.05) is 17.9 Å². The Morgan fingerprint density at radius 1 is 1.03 bits per heavy atom. The maximum atomic E-state index is 13.0. The number of carboxylic acids is 1. The van der Waals surface area contributed by atoms with Crippen LogP contribution in [0.2, 0.25) is 0 Å². The van der Waals surface area contributed by atoms with Gasteiger partial charge in [0.15, 0.2) is 0 Å². The SMILES string of the molecule is CC(C)=CCC(NC(=O)OCC1c2ccccc2-c2ccccc21)C(=O)NC(C)(C)CCC(=O)O. The summed E-state index contributed by atoms with van der Waals surface area (Å²) in [5.74, 6) is -1.38. The number of hydrogen-bond donors (Lipinski definition) is 3. The molecule has 1 aliphatic rings. The fraction of sp³-hybridized carbons (Fsp3) is 0.393. The van der Waals surface area contributed by atoms with Crippen LogP contribution in [0.4, 0.5) is 4.79 Å². The third kappa shape index (κ3) is 6.94. The lowest BCUT2D eigenvalue weighted by atomic mass is 9.97. The number of aliphatic carboxylic acids is 1.